The summed E-state index contributed by atoms with van der Waals surface area (Å²) in [6.45, 7) is 3.86. The second kappa shape index (κ2) is 10.1. The summed E-state index contributed by atoms with van der Waals surface area (Å²) in [5.74, 6) is 1.86. The van der Waals surface area contributed by atoms with Gasteiger partial charge in [-0.3, -0.25) is 4.79 Å². The second-order valence-corrected chi connectivity index (χ2v) is 11.6. The van der Waals surface area contributed by atoms with Crippen LogP contribution in [0.15, 0.2) is 29.6 Å². The molecular weight excluding hydrogens is 460 g/mol. The summed E-state index contributed by atoms with van der Waals surface area (Å²) in [6, 6.07) is 8.54. The van der Waals surface area contributed by atoms with Crippen LogP contribution in [-0.2, 0) is 22.4 Å². The summed E-state index contributed by atoms with van der Waals surface area (Å²) < 4.78 is 19.7. The molecule has 2 unspecified atom stereocenters. The first kappa shape index (κ1) is 23.3. The van der Waals surface area contributed by atoms with Gasteiger partial charge in [0.25, 0.3) is 5.79 Å². The van der Waals surface area contributed by atoms with Crippen LogP contribution in [0, 0.1) is 5.92 Å². The number of likely N-dealkylation sites (tertiary alicyclic amines) is 1. The van der Waals surface area contributed by atoms with Crippen LogP contribution < -0.4 is 14.8 Å². The van der Waals surface area contributed by atoms with Crippen molar-refractivity contribution in [3.05, 3.63) is 45.6 Å². The van der Waals surface area contributed by atoms with Crippen LogP contribution >= 0.6 is 11.3 Å². The lowest BCUT2D eigenvalue weighted by Crippen LogP contribution is -2.43. The van der Waals surface area contributed by atoms with Gasteiger partial charge in [-0.2, -0.15) is 0 Å². The van der Waals surface area contributed by atoms with Crippen LogP contribution in [0.2, 0.25) is 0 Å². The molecule has 2 fully saturated rings. The van der Waals surface area contributed by atoms with Crippen molar-refractivity contribution in [2.45, 2.75) is 75.8 Å². The van der Waals surface area contributed by atoms with E-state index in [1.165, 1.54) is 16.9 Å². The number of hydrogen-bond acceptors (Lipinski definition) is 6. The van der Waals surface area contributed by atoms with E-state index in [9.17, 15) is 4.79 Å². The van der Waals surface area contributed by atoms with Crippen LogP contribution in [0.5, 0.6) is 11.5 Å². The number of carbonyl (C=O) groups excluding carboxylic acids is 1. The van der Waals surface area contributed by atoms with Crippen LogP contribution in [0.3, 0.4) is 0 Å². The lowest BCUT2D eigenvalue weighted by molar-refractivity contribution is -0.111. The Morgan fingerprint density at radius 2 is 1.97 bits per heavy atom. The molecule has 188 valence electrons. The van der Waals surface area contributed by atoms with Crippen molar-refractivity contribution in [2.75, 3.05) is 26.2 Å². The quantitative estimate of drug-likeness (QED) is 0.555. The van der Waals surface area contributed by atoms with E-state index in [1.807, 2.05) is 17.4 Å². The lowest BCUT2D eigenvalue weighted by Gasteiger charge is -2.40. The van der Waals surface area contributed by atoms with E-state index in [0.717, 1.165) is 94.5 Å². The summed E-state index contributed by atoms with van der Waals surface area (Å²) in [7, 11) is 0. The molecule has 0 radical (unpaired) electrons. The smallest absolute Gasteiger partial charge is 0.251 e. The minimum atomic E-state index is -0.478. The highest BCUT2D eigenvalue weighted by atomic mass is 32.1. The zero-order valence-electron chi connectivity index (χ0n) is 20.4. The molecule has 1 aromatic heterocycles. The fourth-order valence-electron chi connectivity index (χ4n) is 6.42. The van der Waals surface area contributed by atoms with E-state index in [0.29, 0.717) is 12.5 Å². The number of fused-ring (bicyclic) bond motifs is 3. The summed E-state index contributed by atoms with van der Waals surface area (Å²) >= 11 is 1.85. The molecule has 0 bridgehead atoms. The average molecular weight is 497 g/mol. The predicted molar refractivity (Wildman–Crippen MR) is 136 cm³/mol. The Morgan fingerprint density at radius 1 is 1.11 bits per heavy atom. The normalized spacial score (nSPS) is 25.9. The lowest BCUT2D eigenvalue weighted by atomic mass is 9.83. The molecule has 4 heterocycles. The monoisotopic (exact) mass is 496 g/mol. The summed E-state index contributed by atoms with van der Waals surface area (Å²) in [5.41, 5.74) is 2.37. The Hall–Kier alpha value is -2.09. The number of hydrogen-bond donors (Lipinski definition) is 1. The van der Waals surface area contributed by atoms with Crippen molar-refractivity contribution in [3.8, 4) is 11.5 Å². The zero-order chi connectivity index (χ0) is 23.7. The summed E-state index contributed by atoms with van der Waals surface area (Å²) in [4.78, 5) is 15.2. The number of nitrogens with one attached hydrogen (secondary N) is 1. The van der Waals surface area contributed by atoms with Crippen molar-refractivity contribution in [1.82, 2.24) is 10.2 Å². The van der Waals surface area contributed by atoms with Crippen LogP contribution in [-0.4, -0.2) is 49.4 Å². The van der Waals surface area contributed by atoms with E-state index in [-0.39, 0.29) is 12.2 Å². The van der Waals surface area contributed by atoms with Gasteiger partial charge in [-0.05, 0) is 74.2 Å². The molecule has 6 rings (SSSR count). The molecule has 1 aromatic carbocycles. The molecule has 3 aliphatic heterocycles. The molecule has 1 amide bonds. The van der Waals surface area contributed by atoms with Crippen molar-refractivity contribution in [3.63, 3.8) is 0 Å². The first-order chi connectivity index (χ1) is 17.2. The maximum Gasteiger partial charge on any atom is 0.251 e. The van der Waals surface area contributed by atoms with Gasteiger partial charge >= 0.3 is 0 Å². The highest BCUT2D eigenvalue weighted by Gasteiger charge is 2.45. The number of benzene rings is 1. The van der Waals surface area contributed by atoms with E-state index in [1.54, 1.807) is 0 Å². The fourth-order valence-corrected chi connectivity index (χ4v) is 7.12. The SMILES string of the molecule is O=CNCC1OC(C2CCN(CCc3cccs3)CC2)Cc2c1ccc1c2OC2(CCCCC2)O1. The fraction of sp³-hybridized carbons (Fsp3) is 0.607. The highest BCUT2D eigenvalue weighted by Crippen LogP contribution is 2.51. The van der Waals surface area contributed by atoms with Crippen molar-refractivity contribution >= 4 is 17.7 Å². The minimum absolute atomic E-state index is 0.137. The topological polar surface area (TPSA) is 60.0 Å². The maximum absolute atomic E-state index is 11.1. The van der Waals surface area contributed by atoms with Gasteiger partial charge in [0.05, 0.1) is 6.10 Å². The number of amides is 1. The van der Waals surface area contributed by atoms with Gasteiger partial charge in [0.1, 0.15) is 6.10 Å². The molecule has 4 aliphatic rings. The number of nitrogens with zero attached hydrogens (tertiary/aromatic N) is 1. The molecule has 1 saturated carbocycles. The van der Waals surface area contributed by atoms with E-state index in [2.05, 4.69) is 33.8 Å². The summed E-state index contributed by atoms with van der Waals surface area (Å²) in [5, 5.41) is 5.02. The first-order valence-electron chi connectivity index (χ1n) is 13.3. The summed E-state index contributed by atoms with van der Waals surface area (Å²) in [6.07, 6.45) is 10.5. The Morgan fingerprint density at radius 3 is 2.74 bits per heavy atom. The molecule has 2 aromatic rings. The molecule has 7 heteroatoms. The number of thiophene rings is 1. The van der Waals surface area contributed by atoms with E-state index >= 15 is 0 Å². The average Bonchev–Trinajstić information content (AvgIpc) is 3.54. The van der Waals surface area contributed by atoms with E-state index < -0.39 is 5.79 Å². The predicted octanol–water partition coefficient (Wildman–Crippen LogP) is 4.86. The van der Waals surface area contributed by atoms with Gasteiger partial charge in [-0.25, -0.2) is 0 Å². The Bertz CT molecular complexity index is 1010. The number of ether oxygens (including phenoxy) is 3. The Balaban J connectivity index is 1.16. The van der Waals surface area contributed by atoms with Crippen molar-refractivity contribution in [1.29, 1.82) is 0 Å². The second-order valence-electron chi connectivity index (χ2n) is 10.5. The minimum Gasteiger partial charge on any atom is -0.448 e. The van der Waals surface area contributed by atoms with Gasteiger partial charge in [0.15, 0.2) is 11.5 Å². The third kappa shape index (κ3) is 4.83. The first-order valence-corrected chi connectivity index (χ1v) is 14.2. The Kier molecular flexibility index (Phi) is 6.74. The van der Waals surface area contributed by atoms with Crippen molar-refractivity contribution < 1.29 is 19.0 Å². The van der Waals surface area contributed by atoms with E-state index in [4.69, 9.17) is 14.2 Å². The standard InChI is InChI=1S/C28H36N2O4S/c31-19-29-18-26-22-6-7-24-27(34-28(33-24)11-2-1-3-12-28)23(22)17-25(32-26)20-8-13-30(14-9-20)15-10-21-5-4-16-35-21/h4-7,16,19-20,25-26H,1-3,8-15,17-18H2,(H,29,31). The van der Waals surface area contributed by atoms with Gasteiger partial charge in [0, 0.05) is 42.8 Å². The molecule has 6 nitrogen and oxygen atoms in total. The molecule has 35 heavy (non-hydrogen) atoms. The number of piperidine rings is 1. The molecular formula is C28H36N2O4S. The third-order valence-corrected chi connectivity index (χ3v) is 9.29. The molecule has 1 N–H and O–H groups in total. The molecule has 1 spiro atoms. The molecule has 2 atom stereocenters. The highest BCUT2D eigenvalue weighted by molar-refractivity contribution is 7.09. The third-order valence-electron chi connectivity index (χ3n) is 8.35. The van der Waals surface area contributed by atoms with Gasteiger partial charge in [0.2, 0.25) is 6.41 Å². The maximum atomic E-state index is 11.1. The van der Waals surface area contributed by atoms with Gasteiger partial charge in [-0.15, -0.1) is 11.3 Å². The number of rotatable bonds is 7. The van der Waals surface area contributed by atoms with Crippen LogP contribution in [0.1, 0.15) is 67.1 Å². The van der Waals surface area contributed by atoms with Crippen LogP contribution in [0.4, 0.5) is 0 Å². The molecule has 1 saturated heterocycles. The van der Waals surface area contributed by atoms with Gasteiger partial charge < -0.3 is 24.4 Å². The number of carbonyl (C=O) groups is 1. The largest absolute Gasteiger partial charge is 0.448 e. The van der Waals surface area contributed by atoms with Gasteiger partial charge in [-0.1, -0.05) is 18.6 Å². The zero-order valence-corrected chi connectivity index (χ0v) is 21.2. The van der Waals surface area contributed by atoms with Crippen molar-refractivity contribution in [2.24, 2.45) is 5.92 Å². The van der Waals surface area contributed by atoms with Crippen LogP contribution in [0.25, 0.3) is 0 Å². The Labute approximate surface area is 211 Å². The molecule has 1 aliphatic carbocycles.